The average molecular weight is 396 g/mol. The Morgan fingerprint density at radius 1 is 1.44 bits per heavy atom. The van der Waals surface area contributed by atoms with E-state index in [1.807, 2.05) is 23.1 Å². The number of nitrogens with zero attached hydrogens (tertiary/aromatic N) is 1. The van der Waals surface area contributed by atoms with E-state index in [4.69, 9.17) is 11.6 Å². The summed E-state index contributed by atoms with van der Waals surface area (Å²) in [6.07, 6.45) is 0.864. The zero-order chi connectivity index (χ0) is 13.3. The molecule has 1 heterocycles. The number of benzene rings is 1. The molecule has 1 saturated heterocycles. The summed E-state index contributed by atoms with van der Waals surface area (Å²) >= 11 is 13.0. The molecule has 2 rings (SSSR count). The molecule has 0 N–H and O–H groups in total. The van der Waals surface area contributed by atoms with Crippen LogP contribution in [-0.4, -0.2) is 29.3 Å². The first-order valence-electron chi connectivity index (χ1n) is 5.87. The minimum Gasteiger partial charge on any atom is -0.338 e. The lowest BCUT2D eigenvalue weighted by Gasteiger charge is -2.34. The topological polar surface area (TPSA) is 20.3 Å². The Hall–Kier alpha value is -0.0600. The molecule has 1 amide bonds. The minimum absolute atomic E-state index is 0.0739. The Balaban J connectivity index is 2.16. The molecule has 5 heteroatoms. The maximum atomic E-state index is 12.4. The van der Waals surface area contributed by atoms with Gasteiger partial charge in [-0.2, -0.15) is 0 Å². The predicted molar refractivity (Wildman–Crippen MR) is 81.2 cm³/mol. The number of hydrogen-bond donors (Lipinski definition) is 0. The van der Waals surface area contributed by atoms with Crippen LogP contribution in [0.2, 0.25) is 0 Å². The van der Waals surface area contributed by atoms with Crippen LogP contribution in [0.4, 0.5) is 0 Å². The number of halogens is 3. The monoisotopic (exact) mass is 393 g/mol. The molecule has 1 aliphatic heterocycles. The van der Waals surface area contributed by atoms with Gasteiger partial charge < -0.3 is 4.90 Å². The summed E-state index contributed by atoms with van der Waals surface area (Å²) in [7, 11) is 0. The van der Waals surface area contributed by atoms with Gasteiger partial charge in [-0.25, -0.2) is 0 Å². The first kappa shape index (κ1) is 14.4. The summed E-state index contributed by atoms with van der Waals surface area (Å²) in [5.74, 6) is 0.420. The quantitative estimate of drug-likeness (QED) is 0.649. The second kappa shape index (κ2) is 5.93. The van der Waals surface area contributed by atoms with Crippen LogP contribution in [-0.2, 0) is 0 Å². The van der Waals surface area contributed by atoms with E-state index in [9.17, 15) is 4.79 Å². The first-order chi connectivity index (χ1) is 8.49. The number of amides is 1. The van der Waals surface area contributed by atoms with E-state index >= 15 is 0 Å². The van der Waals surface area contributed by atoms with Crippen LogP contribution in [0.5, 0.6) is 0 Å². The second-order valence-electron chi connectivity index (χ2n) is 4.66. The smallest absolute Gasteiger partial charge is 0.255 e. The lowest BCUT2D eigenvalue weighted by molar-refractivity contribution is 0.0686. The molecule has 2 nitrogen and oxygen atoms in total. The molecular formula is C13H14Br2ClNO. The van der Waals surface area contributed by atoms with Crippen LogP contribution in [0.1, 0.15) is 23.7 Å². The highest BCUT2D eigenvalue weighted by Gasteiger charge is 2.28. The Labute approximate surface area is 129 Å². The van der Waals surface area contributed by atoms with Gasteiger partial charge in [-0.3, -0.25) is 4.79 Å². The van der Waals surface area contributed by atoms with Crippen molar-refractivity contribution in [3.8, 4) is 0 Å². The van der Waals surface area contributed by atoms with Gasteiger partial charge in [0.2, 0.25) is 0 Å². The fourth-order valence-electron chi connectivity index (χ4n) is 2.13. The van der Waals surface area contributed by atoms with Crippen molar-refractivity contribution in [2.24, 2.45) is 5.92 Å². The van der Waals surface area contributed by atoms with Crippen LogP contribution < -0.4 is 0 Å². The number of carbonyl (C=O) groups excluding carboxylic acids is 1. The van der Waals surface area contributed by atoms with Gasteiger partial charge in [-0.1, -0.05) is 22.9 Å². The molecule has 1 aromatic rings. The lowest BCUT2D eigenvalue weighted by atomic mass is 9.99. The highest BCUT2D eigenvalue weighted by Crippen LogP contribution is 2.27. The standard InChI is InChI=1S/C13H14Br2ClNO/c1-8-7-17(5-4-12(8)16)13(18)10-3-2-9(14)6-11(10)15/h2-3,6,8,12H,4-5,7H2,1H3. The third-order valence-electron chi connectivity index (χ3n) is 3.25. The molecule has 18 heavy (non-hydrogen) atoms. The number of carbonyl (C=O) groups is 1. The maximum absolute atomic E-state index is 12.4. The minimum atomic E-state index is 0.0739. The summed E-state index contributed by atoms with van der Waals surface area (Å²) in [6.45, 7) is 3.56. The Morgan fingerprint density at radius 2 is 2.17 bits per heavy atom. The lowest BCUT2D eigenvalue weighted by Crippen LogP contribution is -2.43. The van der Waals surface area contributed by atoms with Crippen LogP contribution in [0.15, 0.2) is 27.1 Å². The van der Waals surface area contributed by atoms with E-state index in [1.54, 1.807) is 0 Å². The molecule has 0 aliphatic carbocycles. The Bertz CT molecular complexity index is 466. The molecule has 2 unspecified atom stereocenters. The molecule has 0 bridgehead atoms. The summed E-state index contributed by atoms with van der Waals surface area (Å²) in [5, 5.41) is 0.183. The Morgan fingerprint density at radius 3 is 2.78 bits per heavy atom. The zero-order valence-corrected chi connectivity index (χ0v) is 13.9. The molecule has 98 valence electrons. The highest BCUT2D eigenvalue weighted by molar-refractivity contribution is 9.11. The van der Waals surface area contributed by atoms with Crippen molar-refractivity contribution in [3.05, 3.63) is 32.7 Å². The largest absolute Gasteiger partial charge is 0.338 e. The van der Waals surface area contributed by atoms with Gasteiger partial charge in [0.25, 0.3) is 5.91 Å². The highest BCUT2D eigenvalue weighted by atomic mass is 79.9. The number of alkyl halides is 1. The van der Waals surface area contributed by atoms with Crippen LogP contribution in [0.3, 0.4) is 0 Å². The molecule has 0 aromatic heterocycles. The van der Waals surface area contributed by atoms with E-state index in [2.05, 4.69) is 38.8 Å². The second-order valence-corrected chi connectivity index (χ2v) is 6.99. The van der Waals surface area contributed by atoms with Crippen molar-refractivity contribution >= 4 is 49.4 Å². The van der Waals surface area contributed by atoms with Crippen molar-refractivity contribution in [1.29, 1.82) is 0 Å². The van der Waals surface area contributed by atoms with Gasteiger partial charge in [0, 0.05) is 27.4 Å². The van der Waals surface area contributed by atoms with Crippen molar-refractivity contribution in [2.75, 3.05) is 13.1 Å². The SMILES string of the molecule is CC1CN(C(=O)c2ccc(Br)cc2Br)CCC1Cl. The van der Waals surface area contributed by atoms with E-state index in [0.29, 0.717) is 11.5 Å². The summed E-state index contributed by atoms with van der Waals surface area (Å²) < 4.78 is 1.78. The fourth-order valence-corrected chi connectivity index (χ4v) is 3.53. The molecule has 0 saturated carbocycles. The zero-order valence-electron chi connectivity index (χ0n) is 10.00. The number of hydrogen-bond acceptors (Lipinski definition) is 1. The molecular weight excluding hydrogens is 381 g/mol. The van der Waals surface area contributed by atoms with Crippen molar-refractivity contribution < 1.29 is 4.79 Å². The van der Waals surface area contributed by atoms with Gasteiger partial charge in [0.05, 0.1) is 5.56 Å². The third kappa shape index (κ3) is 3.09. The van der Waals surface area contributed by atoms with Gasteiger partial charge >= 0.3 is 0 Å². The molecule has 1 aliphatic rings. The third-order valence-corrected chi connectivity index (χ3v) is 5.05. The van der Waals surface area contributed by atoms with Crippen molar-refractivity contribution in [3.63, 3.8) is 0 Å². The first-order valence-corrected chi connectivity index (χ1v) is 7.89. The number of piperidine rings is 1. The van der Waals surface area contributed by atoms with Gasteiger partial charge in [-0.05, 0) is 46.5 Å². The molecule has 1 fully saturated rings. The van der Waals surface area contributed by atoms with E-state index < -0.39 is 0 Å². The van der Waals surface area contributed by atoms with E-state index in [1.165, 1.54) is 0 Å². The maximum Gasteiger partial charge on any atom is 0.255 e. The van der Waals surface area contributed by atoms with Gasteiger partial charge in [0.15, 0.2) is 0 Å². The van der Waals surface area contributed by atoms with E-state index in [-0.39, 0.29) is 11.3 Å². The molecule has 1 aromatic carbocycles. The van der Waals surface area contributed by atoms with Crippen molar-refractivity contribution in [1.82, 2.24) is 4.90 Å². The van der Waals surface area contributed by atoms with Crippen molar-refractivity contribution in [2.45, 2.75) is 18.7 Å². The summed E-state index contributed by atoms with van der Waals surface area (Å²) in [5.41, 5.74) is 0.707. The van der Waals surface area contributed by atoms with E-state index in [0.717, 1.165) is 28.5 Å². The Kier molecular flexibility index (Phi) is 4.73. The summed E-state index contributed by atoms with van der Waals surface area (Å²) in [6, 6.07) is 5.62. The van der Waals surface area contributed by atoms with Gasteiger partial charge in [0.1, 0.15) is 0 Å². The van der Waals surface area contributed by atoms with Crippen LogP contribution in [0, 0.1) is 5.92 Å². The summed E-state index contributed by atoms with van der Waals surface area (Å²) in [4.78, 5) is 14.3. The van der Waals surface area contributed by atoms with Crippen LogP contribution >= 0.6 is 43.5 Å². The number of rotatable bonds is 1. The normalized spacial score (nSPS) is 24.1. The van der Waals surface area contributed by atoms with Gasteiger partial charge in [-0.15, -0.1) is 11.6 Å². The fraction of sp³-hybridized carbons (Fsp3) is 0.462. The molecule has 0 spiro atoms. The average Bonchev–Trinajstić information content (AvgIpc) is 2.32. The predicted octanol–water partition coefficient (Wildman–Crippen LogP) is 4.30. The molecule has 0 radical (unpaired) electrons. The number of likely N-dealkylation sites (tertiary alicyclic amines) is 1. The molecule has 2 atom stereocenters. The van der Waals surface area contributed by atoms with Crippen LogP contribution in [0.25, 0.3) is 0 Å².